The molecule has 3 N–H and O–H groups in total. The third-order valence-corrected chi connectivity index (χ3v) is 5.54. The van der Waals surface area contributed by atoms with Gasteiger partial charge in [-0.05, 0) is 61.8 Å². The van der Waals surface area contributed by atoms with E-state index in [9.17, 15) is 4.79 Å². The van der Waals surface area contributed by atoms with Gasteiger partial charge in [0.15, 0.2) is 11.7 Å². The van der Waals surface area contributed by atoms with Crippen LogP contribution in [0.15, 0.2) is 42.5 Å². The number of nitrogens with one attached hydrogen (secondary N) is 3. The van der Waals surface area contributed by atoms with Gasteiger partial charge in [0.05, 0.1) is 26.2 Å². The number of nitrogens with zero attached hydrogens (tertiary/aromatic N) is 1. The number of amides is 1. The third-order valence-electron chi connectivity index (χ3n) is 5.18. The van der Waals surface area contributed by atoms with Crippen molar-refractivity contribution < 1.29 is 9.69 Å². The Morgan fingerprint density at radius 3 is 2.32 bits per heavy atom. The maximum absolute atomic E-state index is 12.5. The average Bonchev–Trinajstić information content (AvgIpc) is 2.65. The fourth-order valence-electron chi connectivity index (χ4n) is 3.55. The van der Waals surface area contributed by atoms with Crippen LogP contribution >= 0.6 is 12.2 Å². The van der Waals surface area contributed by atoms with Crippen LogP contribution in [0.1, 0.15) is 16.7 Å². The molecule has 5 nitrogen and oxygen atoms in total. The Morgan fingerprint density at radius 2 is 1.68 bits per heavy atom. The Morgan fingerprint density at radius 1 is 1.04 bits per heavy atom. The van der Waals surface area contributed by atoms with Crippen LogP contribution in [0.4, 0.5) is 11.4 Å². The number of benzene rings is 2. The summed E-state index contributed by atoms with van der Waals surface area (Å²) in [5.74, 6) is 0.0707. The van der Waals surface area contributed by atoms with Gasteiger partial charge < -0.3 is 20.4 Å². The highest BCUT2D eigenvalue weighted by Crippen LogP contribution is 2.19. The average molecular weight is 398 g/mol. The molecule has 28 heavy (non-hydrogen) atoms. The van der Waals surface area contributed by atoms with Crippen molar-refractivity contribution in [2.45, 2.75) is 20.8 Å². The lowest BCUT2D eigenvalue weighted by Gasteiger charge is -2.33. The van der Waals surface area contributed by atoms with Crippen molar-refractivity contribution in [2.24, 2.45) is 0 Å². The predicted octanol–water partition coefficient (Wildman–Crippen LogP) is 2.15. The fourth-order valence-corrected chi connectivity index (χ4v) is 3.85. The summed E-state index contributed by atoms with van der Waals surface area (Å²) in [4.78, 5) is 16.0. The molecule has 1 heterocycles. The van der Waals surface area contributed by atoms with Gasteiger partial charge in [-0.1, -0.05) is 30.3 Å². The maximum Gasteiger partial charge on any atom is 0.279 e. The Kier molecular flexibility index (Phi) is 6.65. The molecule has 1 aliphatic heterocycles. The van der Waals surface area contributed by atoms with Crippen LogP contribution in [0, 0.1) is 20.8 Å². The zero-order chi connectivity index (χ0) is 20.1. The van der Waals surface area contributed by atoms with E-state index in [2.05, 4.69) is 34.6 Å². The van der Waals surface area contributed by atoms with Gasteiger partial charge in [0.2, 0.25) is 0 Å². The molecule has 0 aliphatic carbocycles. The molecule has 0 unspecified atom stereocenters. The first-order chi connectivity index (χ1) is 13.4. The van der Waals surface area contributed by atoms with Gasteiger partial charge in [-0.2, -0.15) is 0 Å². The summed E-state index contributed by atoms with van der Waals surface area (Å²) in [6, 6.07) is 14.3. The molecule has 6 heteroatoms. The standard InChI is InChI=1S/C22H28N4OS/c1-16-6-4-9-19(14-16)23-22(28)26-12-10-25(11-13-26)15-20(27)24-21-17(2)7-5-8-18(21)3/h4-9,14H,10-13,15H2,1-3H3,(H,23,28)(H,24,27)/p+1. The summed E-state index contributed by atoms with van der Waals surface area (Å²) in [5.41, 5.74) is 5.36. The molecular weight excluding hydrogens is 368 g/mol. The smallest absolute Gasteiger partial charge is 0.279 e. The number of para-hydroxylation sites is 1. The Balaban J connectivity index is 1.47. The highest BCUT2D eigenvalue weighted by molar-refractivity contribution is 7.80. The van der Waals surface area contributed by atoms with Gasteiger partial charge in [-0.3, -0.25) is 4.79 Å². The summed E-state index contributed by atoms with van der Waals surface area (Å²) in [6.07, 6.45) is 0. The number of carbonyl (C=O) groups is 1. The molecule has 1 saturated heterocycles. The van der Waals surface area contributed by atoms with Gasteiger partial charge in [-0.15, -0.1) is 0 Å². The lowest BCUT2D eigenvalue weighted by molar-refractivity contribution is -0.895. The lowest BCUT2D eigenvalue weighted by Crippen LogP contribution is -3.15. The van der Waals surface area contributed by atoms with Crippen LogP contribution in [0.25, 0.3) is 0 Å². The summed E-state index contributed by atoms with van der Waals surface area (Å²) in [5, 5.41) is 7.16. The summed E-state index contributed by atoms with van der Waals surface area (Å²) < 4.78 is 0. The van der Waals surface area contributed by atoms with Gasteiger partial charge >= 0.3 is 0 Å². The van der Waals surface area contributed by atoms with Gasteiger partial charge in [0, 0.05) is 11.4 Å². The van der Waals surface area contributed by atoms with Crippen molar-refractivity contribution in [3.05, 3.63) is 59.2 Å². The van der Waals surface area contributed by atoms with E-state index in [1.165, 1.54) is 10.5 Å². The van der Waals surface area contributed by atoms with Crippen LogP contribution in [-0.2, 0) is 4.79 Å². The quantitative estimate of drug-likeness (QED) is 0.692. The second kappa shape index (κ2) is 9.17. The first kappa shape index (κ1) is 20.3. The fraction of sp³-hybridized carbons (Fsp3) is 0.364. The van der Waals surface area contributed by atoms with Gasteiger partial charge in [0.25, 0.3) is 5.91 Å². The molecule has 2 aromatic carbocycles. The second-order valence-corrected chi connectivity index (χ2v) is 7.92. The van der Waals surface area contributed by atoms with E-state index in [-0.39, 0.29) is 5.91 Å². The van der Waals surface area contributed by atoms with Crippen molar-refractivity contribution in [3.8, 4) is 0 Å². The van der Waals surface area contributed by atoms with Gasteiger partial charge in [-0.25, -0.2) is 0 Å². The molecule has 0 bridgehead atoms. The molecule has 1 fully saturated rings. The topological polar surface area (TPSA) is 48.8 Å². The summed E-state index contributed by atoms with van der Waals surface area (Å²) in [6.45, 7) is 10.1. The van der Waals surface area contributed by atoms with E-state index < -0.39 is 0 Å². The van der Waals surface area contributed by atoms with E-state index in [1.54, 1.807) is 0 Å². The zero-order valence-corrected chi connectivity index (χ0v) is 17.7. The molecule has 148 valence electrons. The number of quaternary nitrogens is 1. The van der Waals surface area contributed by atoms with Crippen molar-refractivity contribution in [1.29, 1.82) is 0 Å². The van der Waals surface area contributed by atoms with Crippen molar-refractivity contribution in [2.75, 3.05) is 43.4 Å². The lowest BCUT2D eigenvalue weighted by atomic mass is 10.1. The highest BCUT2D eigenvalue weighted by Gasteiger charge is 2.24. The van der Waals surface area contributed by atoms with E-state index in [1.807, 2.05) is 44.2 Å². The Hall–Kier alpha value is -2.44. The first-order valence-electron chi connectivity index (χ1n) is 9.74. The number of hydrogen-bond donors (Lipinski definition) is 3. The predicted molar refractivity (Wildman–Crippen MR) is 119 cm³/mol. The van der Waals surface area contributed by atoms with E-state index in [0.717, 1.165) is 53.8 Å². The number of rotatable bonds is 4. The highest BCUT2D eigenvalue weighted by atomic mass is 32.1. The SMILES string of the molecule is Cc1cccc(NC(=S)N2CC[NH+](CC(=O)Nc3c(C)cccc3C)CC2)c1. The van der Waals surface area contributed by atoms with Crippen LogP contribution in [0.3, 0.4) is 0 Å². The minimum atomic E-state index is 0.0707. The van der Waals surface area contributed by atoms with Crippen molar-refractivity contribution in [1.82, 2.24) is 4.90 Å². The minimum Gasteiger partial charge on any atom is -0.338 e. The molecular formula is C22H29N4OS+. The molecule has 1 amide bonds. The van der Waals surface area contributed by atoms with Crippen LogP contribution < -0.4 is 15.5 Å². The molecule has 2 aromatic rings. The van der Waals surface area contributed by atoms with Crippen LogP contribution in [0.5, 0.6) is 0 Å². The van der Waals surface area contributed by atoms with Crippen LogP contribution in [-0.4, -0.2) is 48.6 Å². The normalized spacial score (nSPS) is 14.6. The summed E-state index contributed by atoms with van der Waals surface area (Å²) in [7, 11) is 0. The zero-order valence-electron chi connectivity index (χ0n) is 16.8. The molecule has 0 spiro atoms. The summed E-state index contributed by atoms with van der Waals surface area (Å²) >= 11 is 5.57. The molecule has 0 saturated carbocycles. The van der Waals surface area contributed by atoms with E-state index in [4.69, 9.17) is 12.2 Å². The maximum atomic E-state index is 12.5. The van der Waals surface area contributed by atoms with E-state index in [0.29, 0.717) is 6.54 Å². The molecule has 0 atom stereocenters. The van der Waals surface area contributed by atoms with Crippen molar-refractivity contribution >= 4 is 34.6 Å². The largest absolute Gasteiger partial charge is 0.338 e. The molecule has 0 aromatic heterocycles. The first-order valence-corrected chi connectivity index (χ1v) is 10.2. The van der Waals surface area contributed by atoms with Crippen LogP contribution in [0.2, 0.25) is 0 Å². The van der Waals surface area contributed by atoms with Crippen molar-refractivity contribution in [3.63, 3.8) is 0 Å². The minimum absolute atomic E-state index is 0.0707. The Labute approximate surface area is 172 Å². The molecule has 0 radical (unpaired) electrons. The second-order valence-electron chi connectivity index (χ2n) is 7.53. The number of aryl methyl sites for hydroxylation is 3. The third kappa shape index (κ3) is 5.30. The molecule has 3 rings (SSSR count). The number of thiocarbonyl (C=S) groups is 1. The monoisotopic (exact) mass is 397 g/mol. The number of carbonyl (C=O) groups excluding carboxylic acids is 1. The van der Waals surface area contributed by atoms with Gasteiger partial charge in [0.1, 0.15) is 0 Å². The van der Waals surface area contributed by atoms with E-state index >= 15 is 0 Å². The number of hydrogen-bond acceptors (Lipinski definition) is 2. The number of piperazine rings is 1. The number of anilines is 2. The molecule has 1 aliphatic rings. The Bertz CT molecular complexity index is 839.